The first-order valence-corrected chi connectivity index (χ1v) is 13.8. The lowest BCUT2D eigenvalue weighted by atomic mass is 9.34. The topological polar surface area (TPSA) is 24.9 Å². The molecule has 5 heteroatoms. The van der Waals surface area contributed by atoms with Crippen molar-refractivity contribution < 1.29 is 9.47 Å². The van der Waals surface area contributed by atoms with E-state index in [-0.39, 0.29) is 12.1 Å². The number of ether oxygens (including phenoxy) is 2. The molecule has 4 nitrogen and oxygen atoms in total. The second kappa shape index (κ2) is 7.61. The van der Waals surface area contributed by atoms with Crippen LogP contribution < -0.4 is 30.2 Å². The second-order valence-corrected chi connectivity index (χ2v) is 11.3. The first kappa shape index (κ1) is 22.0. The summed E-state index contributed by atoms with van der Waals surface area (Å²) in [5, 5.41) is 0. The summed E-state index contributed by atoms with van der Waals surface area (Å²) in [6.07, 6.45) is 0. The second-order valence-electron chi connectivity index (χ2n) is 11.3. The smallest absolute Gasteiger partial charge is 0.296 e. The van der Waals surface area contributed by atoms with Crippen LogP contribution in [0.3, 0.4) is 0 Å². The number of para-hydroxylation sites is 5. The molecule has 0 aromatic heterocycles. The van der Waals surface area contributed by atoms with Gasteiger partial charge in [0.25, 0.3) is 6.71 Å². The zero-order valence-electron chi connectivity index (χ0n) is 22.3. The number of hydrogen-bond donors (Lipinski definition) is 0. The van der Waals surface area contributed by atoms with E-state index in [9.17, 15) is 0 Å². The molecule has 0 amide bonds. The van der Waals surface area contributed by atoms with Gasteiger partial charge in [-0.25, -0.2) is 0 Å². The zero-order chi connectivity index (χ0) is 26.6. The van der Waals surface area contributed by atoms with Crippen LogP contribution in [0.25, 0.3) is 0 Å². The fourth-order valence-corrected chi connectivity index (χ4v) is 7.19. The van der Waals surface area contributed by atoms with E-state index in [4.69, 9.17) is 9.47 Å². The van der Waals surface area contributed by atoms with E-state index >= 15 is 0 Å². The number of anilines is 5. The van der Waals surface area contributed by atoms with Crippen molar-refractivity contribution in [3.05, 3.63) is 132 Å². The Morgan fingerprint density at radius 2 is 1.23 bits per heavy atom. The van der Waals surface area contributed by atoms with Crippen LogP contribution in [0.4, 0.5) is 28.4 Å². The SMILES string of the molecule is CC1(C)C2=C(Oc3ccccc31)B1c3cccc4c3N(c3ccccc3O4)c3cccc(c31)N2c1ccccc1. The summed E-state index contributed by atoms with van der Waals surface area (Å²) in [4.78, 5) is 4.82. The summed E-state index contributed by atoms with van der Waals surface area (Å²) in [7, 11) is 0. The third kappa shape index (κ3) is 2.67. The normalized spacial score (nSPS) is 16.6. The van der Waals surface area contributed by atoms with Crippen molar-refractivity contribution in [2.75, 3.05) is 9.80 Å². The Hall–Kier alpha value is -4.90. The fourth-order valence-electron chi connectivity index (χ4n) is 7.19. The standard InChI is InChI=1S/C35H25BN2O2/c1-35(2)23-14-6-8-19-28(23)40-34-33(35)37(22-12-4-3-5-13-22)26-17-11-18-27-31(26)36(34)24-15-10-21-30-32(24)38(27)25-16-7-9-20-29(25)39-30/h3-21H,1-2H3. The molecule has 4 aliphatic heterocycles. The Labute approximate surface area is 233 Å². The van der Waals surface area contributed by atoms with E-state index in [2.05, 4.69) is 127 Å². The molecule has 5 aromatic rings. The molecule has 0 spiro atoms. The molecule has 4 heterocycles. The largest absolute Gasteiger partial charge is 0.469 e. The van der Waals surface area contributed by atoms with Gasteiger partial charge in [-0.3, -0.25) is 0 Å². The van der Waals surface area contributed by atoms with Gasteiger partial charge in [-0.2, -0.15) is 0 Å². The Morgan fingerprint density at radius 1 is 0.575 bits per heavy atom. The van der Waals surface area contributed by atoms with Crippen LogP contribution in [0.5, 0.6) is 17.2 Å². The Balaban J connectivity index is 1.41. The van der Waals surface area contributed by atoms with Gasteiger partial charge in [0.05, 0.1) is 22.7 Å². The van der Waals surface area contributed by atoms with Crippen LogP contribution in [-0.4, -0.2) is 6.71 Å². The minimum atomic E-state index is -0.303. The molecular formula is C35H25BN2O2. The first-order valence-electron chi connectivity index (χ1n) is 13.8. The summed E-state index contributed by atoms with van der Waals surface area (Å²) in [6.45, 7) is 4.57. The predicted molar refractivity (Wildman–Crippen MR) is 162 cm³/mol. The van der Waals surface area contributed by atoms with Gasteiger partial charge >= 0.3 is 0 Å². The van der Waals surface area contributed by atoms with Gasteiger partial charge in [0.1, 0.15) is 5.75 Å². The number of nitrogens with zero attached hydrogens (tertiary/aromatic N) is 2. The highest BCUT2D eigenvalue weighted by Crippen LogP contribution is 2.55. The molecule has 0 bridgehead atoms. The van der Waals surface area contributed by atoms with Crippen LogP contribution in [-0.2, 0) is 5.41 Å². The van der Waals surface area contributed by atoms with Crippen LogP contribution >= 0.6 is 0 Å². The van der Waals surface area contributed by atoms with E-state index in [1.807, 2.05) is 12.1 Å². The summed E-state index contributed by atoms with van der Waals surface area (Å²) in [6, 6.07) is 40.6. The predicted octanol–water partition coefficient (Wildman–Crippen LogP) is 7.46. The number of fused-ring (bicyclic) bond motifs is 6. The van der Waals surface area contributed by atoms with Crippen molar-refractivity contribution in [2.45, 2.75) is 19.3 Å². The summed E-state index contributed by atoms with van der Waals surface area (Å²) < 4.78 is 13.5. The average Bonchev–Trinajstić information content (AvgIpc) is 2.99. The number of benzene rings is 5. The average molecular weight is 516 g/mol. The molecule has 0 fully saturated rings. The van der Waals surface area contributed by atoms with Crippen molar-refractivity contribution in [3.8, 4) is 17.2 Å². The monoisotopic (exact) mass is 516 g/mol. The number of hydrogen-bond acceptors (Lipinski definition) is 4. The van der Waals surface area contributed by atoms with Gasteiger partial charge in [-0.1, -0.05) is 66.7 Å². The minimum absolute atomic E-state index is 0.0751. The van der Waals surface area contributed by atoms with Gasteiger partial charge in [0, 0.05) is 28.0 Å². The van der Waals surface area contributed by atoms with Crippen molar-refractivity contribution in [1.82, 2.24) is 0 Å². The lowest BCUT2D eigenvalue weighted by Crippen LogP contribution is -2.59. The number of rotatable bonds is 1. The van der Waals surface area contributed by atoms with E-state index < -0.39 is 0 Å². The molecule has 0 saturated heterocycles. The molecule has 0 radical (unpaired) electrons. The van der Waals surface area contributed by atoms with E-state index in [0.29, 0.717) is 0 Å². The Bertz CT molecular complexity index is 1910. The molecule has 0 saturated carbocycles. The molecule has 9 rings (SSSR count). The third-order valence-corrected chi connectivity index (χ3v) is 8.83. The first-order chi connectivity index (χ1) is 19.6. The van der Waals surface area contributed by atoms with Crippen LogP contribution in [0.1, 0.15) is 19.4 Å². The Morgan fingerprint density at radius 3 is 2.08 bits per heavy atom. The van der Waals surface area contributed by atoms with E-state index in [0.717, 1.165) is 45.7 Å². The molecule has 5 aromatic carbocycles. The minimum Gasteiger partial charge on any atom is -0.469 e. The molecule has 0 N–H and O–H groups in total. The van der Waals surface area contributed by atoms with E-state index in [1.54, 1.807) is 0 Å². The van der Waals surface area contributed by atoms with Crippen LogP contribution in [0.15, 0.2) is 127 Å². The molecule has 0 aliphatic carbocycles. The highest BCUT2D eigenvalue weighted by Gasteiger charge is 2.52. The van der Waals surface area contributed by atoms with Crippen molar-refractivity contribution >= 4 is 46.1 Å². The highest BCUT2D eigenvalue weighted by molar-refractivity contribution is 6.95. The van der Waals surface area contributed by atoms with Crippen LogP contribution in [0, 0.1) is 0 Å². The van der Waals surface area contributed by atoms with E-state index in [1.165, 1.54) is 27.9 Å². The molecule has 40 heavy (non-hydrogen) atoms. The van der Waals surface area contributed by atoms with Crippen molar-refractivity contribution in [3.63, 3.8) is 0 Å². The molecular weight excluding hydrogens is 491 g/mol. The van der Waals surface area contributed by atoms with Gasteiger partial charge in [0.15, 0.2) is 11.5 Å². The zero-order valence-corrected chi connectivity index (χ0v) is 22.3. The summed E-state index contributed by atoms with van der Waals surface area (Å²) in [5.74, 6) is 2.66. The quantitative estimate of drug-likeness (QED) is 0.212. The fraction of sp³-hybridized carbons (Fsp3) is 0.0857. The lowest BCUT2D eigenvalue weighted by molar-refractivity contribution is 0.391. The van der Waals surface area contributed by atoms with Gasteiger partial charge in [-0.05, 0) is 73.3 Å². The van der Waals surface area contributed by atoms with Crippen molar-refractivity contribution in [1.29, 1.82) is 0 Å². The Kier molecular flexibility index (Phi) is 4.18. The molecule has 4 aliphatic rings. The maximum absolute atomic E-state index is 7.00. The van der Waals surface area contributed by atoms with Gasteiger partial charge in [-0.15, -0.1) is 0 Å². The number of allylic oxidation sites excluding steroid dienone is 1. The highest BCUT2D eigenvalue weighted by atomic mass is 16.5. The van der Waals surface area contributed by atoms with Gasteiger partial charge < -0.3 is 19.3 Å². The maximum atomic E-state index is 7.00. The lowest BCUT2D eigenvalue weighted by Gasteiger charge is -2.50. The maximum Gasteiger partial charge on any atom is 0.296 e. The molecule has 0 unspecified atom stereocenters. The van der Waals surface area contributed by atoms with Gasteiger partial charge in [0.2, 0.25) is 0 Å². The summed E-state index contributed by atoms with van der Waals surface area (Å²) >= 11 is 0. The van der Waals surface area contributed by atoms with Crippen molar-refractivity contribution in [2.24, 2.45) is 0 Å². The molecule has 0 atom stereocenters. The third-order valence-electron chi connectivity index (χ3n) is 8.83. The summed E-state index contributed by atoms with van der Waals surface area (Å²) in [5.41, 5.74) is 11.1. The van der Waals surface area contributed by atoms with Crippen LogP contribution in [0.2, 0.25) is 0 Å². The molecule has 190 valence electrons.